The smallest absolute Gasteiger partial charge is 0.0694 e. The number of aromatic nitrogens is 4. The van der Waals surface area contributed by atoms with Crippen LogP contribution in [-0.4, -0.2) is 26.5 Å². The van der Waals surface area contributed by atoms with Crippen LogP contribution in [0.5, 0.6) is 0 Å². The van der Waals surface area contributed by atoms with Crippen molar-refractivity contribution in [3.05, 3.63) is 107 Å². The van der Waals surface area contributed by atoms with E-state index in [2.05, 4.69) is 107 Å². The Morgan fingerprint density at radius 3 is 1.71 bits per heavy atom. The van der Waals surface area contributed by atoms with Gasteiger partial charge in [0.15, 0.2) is 0 Å². The molecular weight excluding hydrogens is 550 g/mol. The molecular formula is C40H47N5. The summed E-state index contributed by atoms with van der Waals surface area (Å²) in [4.78, 5) is 17.9. The van der Waals surface area contributed by atoms with Crippen LogP contribution in [0, 0.1) is 13.8 Å². The summed E-state index contributed by atoms with van der Waals surface area (Å²) in [5.74, 6) is 0. The van der Waals surface area contributed by atoms with Crippen LogP contribution < -0.4 is 5.32 Å². The molecule has 0 amide bonds. The molecule has 3 aromatic heterocycles. The van der Waals surface area contributed by atoms with Crippen molar-refractivity contribution in [2.45, 2.75) is 73.6 Å². The van der Waals surface area contributed by atoms with Crippen molar-refractivity contribution in [3.63, 3.8) is 0 Å². The van der Waals surface area contributed by atoms with Gasteiger partial charge in [0.05, 0.1) is 22.8 Å². The van der Waals surface area contributed by atoms with E-state index in [4.69, 9.17) is 9.97 Å². The molecule has 0 atom stereocenters. The van der Waals surface area contributed by atoms with Crippen LogP contribution in [0.25, 0.3) is 56.5 Å². The summed E-state index contributed by atoms with van der Waals surface area (Å²) in [6, 6.07) is 8.71. The van der Waals surface area contributed by atoms with Crippen molar-refractivity contribution in [2.24, 2.45) is 0 Å². The summed E-state index contributed by atoms with van der Waals surface area (Å²) < 4.78 is 0. The minimum Gasteiger partial charge on any atom is -0.389 e. The molecule has 5 heteroatoms. The van der Waals surface area contributed by atoms with Crippen LogP contribution in [0.4, 0.5) is 0 Å². The fraction of sp³-hybridized carbons (Fsp3) is 0.300. The summed E-state index contributed by atoms with van der Waals surface area (Å²) in [5, 5.41) is 3.46. The van der Waals surface area contributed by atoms with Crippen molar-refractivity contribution in [3.8, 4) is 0 Å². The number of aromatic amines is 2. The molecule has 0 aliphatic carbocycles. The van der Waals surface area contributed by atoms with E-state index in [0.29, 0.717) is 0 Å². The Hall–Kier alpha value is -4.64. The highest BCUT2D eigenvalue weighted by molar-refractivity contribution is 5.96. The quantitative estimate of drug-likeness (QED) is 0.193. The average Bonchev–Trinajstić information content (AvgIpc) is 3.66. The van der Waals surface area contributed by atoms with Crippen LogP contribution in [-0.2, 0) is 0 Å². The molecule has 5 rings (SSSR count). The molecule has 45 heavy (non-hydrogen) atoms. The van der Waals surface area contributed by atoms with Gasteiger partial charge in [0.1, 0.15) is 0 Å². The molecule has 2 aliphatic rings. The highest BCUT2D eigenvalue weighted by Crippen LogP contribution is 2.38. The summed E-state index contributed by atoms with van der Waals surface area (Å²) in [6.45, 7) is 30.6. The van der Waals surface area contributed by atoms with Crippen LogP contribution in [0.15, 0.2) is 61.9 Å². The zero-order chi connectivity index (χ0) is 32.4. The fourth-order valence-electron chi connectivity index (χ4n) is 6.31. The van der Waals surface area contributed by atoms with Gasteiger partial charge in [-0.2, -0.15) is 0 Å². The fourth-order valence-corrected chi connectivity index (χ4v) is 6.31. The van der Waals surface area contributed by atoms with Gasteiger partial charge >= 0.3 is 0 Å². The summed E-state index contributed by atoms with van der Waals surface area (Å²) >= 11 is 0. The van der Waals surface area contributed by atoms with Gasteiger partial charge < -0.3 is 15.3 Å². The summed E-state index contributed by atoms with van der Waals surface area (Å²) in [6.07, 6.45) is 8.42. The van der Waals surface area contributed by atoms with E-state index in [1.807, 2.05) is 12.2 Å². The highest BCUT2D eigenvalue weighted by Gasteiger charge is 2.22. The molecule has 8 bridgehead atoms. The second-order valence-electron chi connectivity index (χ2n) is 12.4. The van der Waals surface area contributed by atoms with Gasteiger partial charge in [-0.3, -0.25) is 0 Å². The zero-order valence-corrected chi connectivity index (χ0v) is 27.9. The van der Waals surface area contributed by atoms with Gasteiger partial charge in [0.25, 0.3) is 0 Å². The third-order valence-corrected chi connectivity index (χ3v) is 9.15. The maximum Gasteiger partial charge on any atom is 0.0694 e. The first-order valence-electron chi connectivity index (χ1n) is 16.0. The predicted molar refractivity (Wildman–Crippen MR) is 196 cm³/mol. The Bertz CT molecular complexity index is 1950. The molecule has 0 fully saturated rings. The number of aryl methyl sites for hydroxylation is 2. The Kier molecular flexibility index (Phi) is 9.29. The average molecular weight is 598 g/mol. The number of allylic oxidation sites excluding steroid dienone is 6. The molecule has 0 unspecified atom stereocenters. The molecule has 3 N–H and O–H groups in total. The van der Waals surface area contributed by atoms with Crippen molar-refractivity contribution in [2.75, 3.05) is 6.54 Å². The summed E-state index contributed by atoms with van der Waals surface area (Å²) in [5.41, 5.74) is 19.5. The number of H-pyrrole nitrogens is 2. The van der Waals surface area contributed by atoms with E-state index < -0.39 is 0 Å². The Labute approximate surface area is 268 Å². The molecule has 0 radical (unpaired) electrons. The predicted octanol–water partition coefficient (Wildman–Crippen LogP) is 10.7. The SMILES string of the molecule is C=Cc1c(C)c2cc3[nH]c(cc4nc(cc5nc(cc1[nH]2)C(C)=C5CCC(=C)C)C(CCC(=C)NCCC)=C4C)c(C)c3C=C. The molecule has 232 valence electrons. The first kappa shape index (κ1) is 31.8. The number of rotatable bonds is 11. The van der Waals surface area contributed by atoms with E-state index in [9.17, 15) is 0 Å². The molecule has 5 nitrogen and oxygen atoms in total. The third kappa shape index (κ3) is 6.30. The van der Waals surface area contributed by atoms with Crippen LogP contribution in [0.3, 0.4) is 0 Å². The normalized spacial score (nSPS) is 12.9. The largest absolute Gasteiger partial charge is 0.389 e. The zero-order valence-electron chi connectivity index (χ0n) is 27.9. The topological polar surface area (TPSA) is 69.4 Å². The Morgan fingerprint density at radius 1 is 0.711 bits per heavy atom. The van der Waals surface area contributed by atoms with E-state index in [1.54, 1.807) is 0 Å². The first-order valence-corrected chi connectivity index (χ1v) is 16.0. The van der Waals surface area contributed by atoms with Crippen molar-refractivity contribution in [1.29, 1.82) is 0 Å². The maximum atomic E-state index is 5.26. The van der Waals surface area contributed by atoms with Gasteiger partial charge in [-0.15, -0.1) is 6.58 Å². The summed E-state index contributed by atoms with van der Waals surface area (Å²) in [7, 11) is 0. The lowest BCUT2D eigenvalue weighted by Crippen LogP contribution is -2.12. The highest BCUT2D eigenvalue weighted by atomic mass is 14.9. The molecule has 2 aliphatic heterocycles. The van der Waals surface area contributed by atoms with E-state index in [0.717, 1.165) is 117 Å². The number of hydrogen-bond donors (Lipinski definition) is 3. The Balaban J connectivity index is 1.85. The van der Waals surface area contributed by atoms with E-state index in [-0.39, 0.29) is 0 Å². The lowest BCUT2D eigenvalue weighted by atomic mass is 9.97. The number of nitrogens with zero attached hydrogens (tertiary/aromatic N) is 2. The standard InChI is InChI=1S/C40H47N5/c1-11-18-41-24(6)15-17-32-28(10)34-19-33-25(7)29(12-2)37(42-33)20-35-26(8)30(13-3)38(43-35)21-36-27(9)31(16-14-23(4)5)39(45-36)22-40(32)44-34/h12-13,19-22,41-43H,2-4,6,11,14-18H2,1,5,7-10H3. The second-order valence-corrected chi connectivity index (χ2v) is 12.4. The molecule has 0 aromatic carbocycles. The van der Waals surface area contributed by atoms with E-state index >= 15 is 0 Å². The lowest BCUT2D eigenvalue weighted by molar-refractivity contribution is 0.734. The Morgan fingerprint density at radius 2 is 1.20 bits per heavy atom. The molecule has 0 spiro atoms. The minimum atomic E-state index is 0.849. The minimum absolute atomic E-state index is 0.849. The first-order chi connectivity index (χ1) is 21.6. The molecule has 5 heterocycles. The number of hydrogen-bond acceptors (Lipinski definition) is 3. The molecule has 0 saturated heterocycles. The van der Waals surface area contributed by atoms with E-state index in [1.165, 1.54) is 22.3 Å². The van der Waals surface area contributed by atoms with Crippen molar-refractivity contribution in [1.82, 2.24) is 25.3 Å². The monoisotopic (exact) mass is 597 g/mol. The van der Waals surface area contributed by atoms with Gasteiger partial charge in [-0.1, -0.05) is 44.4 Å². The van der Waals surface area contributed by atoms with Crippen LogP contribution in [0.2, 0.25) is 0 Å². The second kappa shape index (κ2) is 13.2. The van der Waals surface area contributed by atoms with Crippen LogP contribution in [0.1, 0.15) is 105 Å². The van der Waals surface area contributed by atoms with Crippen molar-refractivity contribution < 1.29 is 0 Å². The lowest BCUT2D eigenvalue weighted by Gasteiger charge is -2.10. The number of nitrogens with one attached hydrogen (secondary N) is 3. The van der Waals surface area contributed by atoms with Gasteiger partial charge in [0, 0.05) is 45.4 Å². The van der Waals surface area contributed by atoms with Gasteiger partial charge in [0.2, 0.25) is 0 Å². The van der Waals surface area contributed by atoms with Crippen molar-refractivity contribution >= 4 is 56.5 Å². The van der Waals surface area contributed by atoms with Crippen LogP contribution >= 0.6 is 0 Å². The maximum absolute atomic E-state index is 5.26. The van der Waals surface area contributed by atoms with Gasteiger partial charge in [-0.05, 0) is 124 Å². The molecule has 0 saturated carbocycles. The third-order valence-electron chi connectivity index (χ3n) is 9.15. The number of fused-ring (bicyclic) bond motifs is 8. The van der Waals surface area contributed by atoms with Gasteiger partial charge in [-0.25, -0.2) is 9.97 Å². The molecule has 3 aromatic rings.